The summed E-state index contributed by atoms with van der Waals surface area (Å²) in [6, 6.07) is 6.15. The SMILES string of the molecule is CCCNCc1cccc(-n2ccnc2CCC)n1. The number of nitrogens with zero attached hydrogens (tertiary/aromatic N) is 3. The molecule has 19 heavy (non-hydrogen) atoms. The van der Waals surface area contributed by atoms with Crippen LogP contribution < -0.4 is 5.32 Å². The van der Waals surface area contributed by atoms with Crippen molar-refractivity contribution in [3.05, 3.63) is 42.1 Å². The molecule has 102 valence electrons. The lowest BCUT2D eigenvalue weighted by molar-refractivity contribution is 0.662. The van der Waals surface area contributed by atoms with E-state index in [0.717, 1.165) is 49.7 Å². The maximum absolute atomic E-state index is 4.69. The first-order chi connectivity index (χ1) is 9.35. The normalized spacial score (nSPS) is 10.8. The Morgan fingerprint density at radius 3 is 2.89 bits per heavy atom. The van der Waals surface area contributed by atoms with Gasteiger partial charge in [0.2, 0.25) is 0 Å². The van der Waals surface area contributed by atoms with Crippen LogP contribution in [0.3, 0.4) is 0 Å². The second kappa shape index (κ2) is 7.04. The van der Waals surface area contributed by atoms with Crippen LogP contribution in [0.25, 0.3) is 5.82 Å². The van der Waals surface area contributed by atoms with Gasteiger partial charge in [0.1, 0.15) is 11.6 Å². The Balaban J connectivity index is 2.15. The van der Waals surface area contributed by atoms with Gasteiger partial charge in [-0.1, -0.05) is 19.9 Å². The summed E-state index contributed by atoms with van der Waals surface area (Å²) >= 11 is 0. The molecule has 0 atom stereocenters. The molecule has 0 saturated heterocycles. The maximum atomic E-state index is 4.69. The number of hydrogen-bond donors (Lipinski definition) is 1. The van der Waals surface area contributed by atoms with Crippen molar-refractivity contribution in [3.8, 4) is 5.82 Å². The van der Waals surface area contributed by atoms with Crippen LogP contribution in [0.2, 0.25) is 0 Å². The van der Waals surface area contributed by atoms with Gasteiger partial charge >= 0.3 is 0 Å². The number of aromatic nitrogens is 3. The molecule has 0 saturated carbocycles. The Hall–Kier alpha value is -1.68. The average Bonchev–Trinajstić information content (AvgIpc) is 2.88. The molecule has 0 fully saturated rings. The second-order valence-corrected chi connectivity index (χ2v) is 4.63. The molecule has 0 aliphatic heterocycles. The van der Waals surface area contributed by atoms with E-state index in [2.05, 4.69) is 40.8 Å². The first-order valence-corrected chi connectivity index (χ1v) is 7.04. The fourth-order valence-corrected chi connectivity index (χ4v) is 2.04. The largest absolute Gasteiger partial charge is 0.311 e. The predicted molar refractivity (Wildman–Crippen MR) is 77.4 cm³/mol. The first-order valence-electron chi connectivity index (χ1n) is 7.04. The molecule has 4 nitrogen and oxygen atoms in total. The molecular formula is C15H22N4. The number of rotatable bonds is 7. The van der Waals surface area contributed by atoms with Crippen molar-refractivity contribution in [1.29, 1.82) is 0 Å². The van der Waals surface area contributed by atoms with Crippen molar-refractivity contribution >= 4 is 0 Å². The Kier molecular flexibility index (Phi) is 5.10. The molecule has 0 amide bonds. The van der Waals surface area contributed by atoms with Crippen LogP contribution in [-0.4, -0.2) is 21.1 Å². The van der Waals surface area contributed by atoms with E-state index < -0.39 is 0 Å². The van der Waals surface area contributed by atoms with Gasteiger partial charge in [0.15, 0.2) is 0 Å². The highest BCUT2D eigenvalue weighted by atomic mass is 15.1. The molecule has 2 aromatic rings. The van der Waals surface area contributed by atoms with Crippen molar-refractivity contribution in [2.24, 2.45) is 0 Å². The average molecular weight is 258 g/mol. The smallest absolute Gasteiger partial charge is 0.138 e. The zero-order chi connectivity index (χ0) is 13.5. The third-order valence-corrected chi connectivity index (χ3v) is 2.96. The number of hydrogen-bond acceptors (Lipinski definition) is 3. The molecule has 0 aliphatic carbocycles. The summed E-state index contributed by atoms with van der Waals surface area (Å²) in [7, 11) is 0. The number of aryl methyl sites for hydroxylation is 1. The minimum absolute atomic E-state index is 0.819. The number of nitrogens with one attached hydrogen (secondary N) is 1. The summed E-state index contributed by atoms with van der Waals surface area (Å²) in [6.07, 6.45) is 7.04. The zero-order valence-electron chi connectivity index (χ0n) is 11.8. The fourth-order valence-electron chi connectivity index (χ4n) is 2.04. The van der Waals surface area contributed by atoms with E-state index in [4.69, 9.17) is 4.98 Å². The highest BCUT2D eigenvalue weighted by Gasteiger charge is 2.05. The van der Waals surface area contributed by atoms with Gasteiger partial charge in [0, 0.05) is 25.4 Å². The van der Waals surface area contributed by atoms with E-state index in [1.54, 1.807) is 0 Å². The van der Waals surface area contributed by atoms with Crippen LogP contribution in [-0.2, 0) is 13.0 Å². The summed E-state index contributed by atoms with van der Waals surface area (Å²) in [5.74, 6) is 2.03. The molecule has 0 aromatic carbocycles. The Labute approximate surface area is 114 Å². The highest BCUT2D eigenvalue weighted by Crippen LogP contribution is 2.10. The van der Waals surface area contributed by atoms with Crippen molar-refractivity contribution < 1.29 is 0 Å². The third kappa shape index (κ3) is 3.64. The Bertz CT molecular complexity index is 504. The van der Waals surface area contributed by atoms with Crippen molar-refractivity contribution in [3.63, 3.8) is 0 Å². The van der Waals surface area contributed by atoms with E-state index in [9.17, 15) is 0 Å². The van der Waals surface area contributed by atoms with Crippen LogP contribution in [0.4, 0.5) is 0 Å². The minimum Gasteiger partial charge on any atom is -0.311 e. The van der Waals surface area contributed by atoms with Gasteiger partial charge in [-0.2, -0.15) is 0 Å². The molecule has 0 spiro atoms. The van der Waals surface area contributed by atoms with Crippen LogP contribution in [0.15, 0.2) is 30.6 Å². The van der Waals surface area contributed by atoms with Crippen molar-refractivity contribution in [1.82, 2.24) is 19.9 Å². The van der Waals surface area contributed by atoms with E-state index in [1.807, 2.05) is 18.5 Å². The fraction of sp³-hybridized carbons (Fsp3) is 0.467. The lowest BCUT2D eigenvalue weighted by atomic mass is 10.3. The molecule has 0 radical (unpaired) electrons. The van der Waals surface area contributed by atoms with Crippen LogP contribution in [0, 0.1) is 0 Å². The summed E-state index contributed by atoms with van der Waals surface area (Å²) in [4.78, 5) is 9.09. The highest BCUT2D eigenvalue weighted by molar-refractivity contribution is 5.26. The van der Waals surface area contributed by atoms with E-state index in [0.29, 0.717) is 0 Å². The van der Waals surface area contributed by atoms with Crippen LogP contribution >= 0.6 is 0 Å². The molecule has 0 unspecified atom stereocenters. The lowest BCUT2D eigenvalue weighted by Crippen LogP contribution is -2.15. The van der Waals surface area contributed by atoms with Gasteiger partial charge in [-0.15, -0.1) is 0 Å². The minimum atomic E-state index is 0.819. The first kappa shape index (κ1) is 13.7. The number of pyridine rings is 1. The van der Waals surface area contributed by atoms with Crippen LogP contribution in [0.1, 0.15) is 38.2 Å². The van der Waals surface area contributed by atoms with Crippen LogP contribution in [0.5, 0.6) is 0 Å². The summed E-state index contributed by atoms with van der Waals surface area (Å²) in [5.41, 5.74) is 1.07. The van der Waals surface area contributed by atoms with E-state index in [1.165, 1.54) is 0 Å². The Morgan fingerprint density at radius 1 is 1.21 bits per heavy atom. The molecule has 1 N–H and O–H groups in total. The molecule has 4 heteroatoms. The van der Waals surface area contributed by atoms with Gasteiger partial charge in [-0.05, 0) is 31.5 Å². The van der Waals surface area contributed by atoms with E-state index >= 15 is 0 Å². The van der Waals surface area contributed by atoms with Crippen molar-refractivity contribution in [2.45, 2.75) is 39.7 Å². The maximum Gasteiger partial charge on any atom is 0.138 e. The van der Waals surface area contributed by atoms with Gasteiger partial charge < -0.3 is 5.32 Å². The van der Waals surface area contributed by atoms with Gasteiger partial charge in [0.05, 0.1) is 5.69 Å². The van der Waals surface area contributed by atoms with Gasteiger partial charge in [0.25, 0.3) is 0 Å². The van der Waals surface area contributed by atoms with Gasteiger partial charge in [-0.25, -0.2) is 9.97 Å². The zero-order valence-corrected chi connectivity index (χ0v) is 11.8. The molecule has 0 aliphatic rings. The quantitative estimate of drug-likeness (QED) is 0.776. The van der Waals surface area contributed by atoms with Gasteiger partial charge in [-0.3, -0.25) is 4.57 Å². The molecule has 2 rings (SSSR count). The summed E-state index contributed by atoms with van der Waals surface area (Å²) in [6.45, 7) is 6.18. The standard InChI is InChI=1S/C15H22N4/c1-3-6-14-17-10-11-19(14)15-8-5-7-13(18-15)12-16-9-4-2/h5,7-8,10-11,16H,3-4,6,9,12H2,1-2H3. The molecule has 0 bridgehead atoms. The molecular weight excluding hydrogens is 236 g/mol. The molecule has 2 aromatic heterocycles. The summed E-state index contributed by atoms with van der Waals surface area (Å²) in [5, 5.41) is 3.38. The predicted octanol–water partition coefficient (Wildman–Crippen LogP) is 2.72. The monoisotopic (exact) mass is 258 g/mol. The topological polar surface area (TPSA) is 42.7 Å². The second-order valence-electron chi connectivity index (χ2n) is 4.63. The summed E-state index contributed by atoms with van der Waals surface area (Å²) < 4.78 is 2.08. The van der Waals surface area contributed by atoms with Crippen molar-refractivity contribution in [2.75, 3.05) is 6.54 Å². The third-order valence-electron chi connectivity index (χ3n) is 2.96. The Morgan fingerprint density at radius 2 is 2.11 bits per heavy atom. The molecule has 2 heterocycles. The van der Waals surface area contributed by atoms with E-state index in [-0.39, 0.29) is 0 Å². The lowest BCUT2D eigenvalue weighted by Gasteiger charge is -2.08. The number of imidazole rings is 1.